The molecule has 1 amide bonds. The van der Waals surface area contributed by atoms with Crippen LogP contribution in [0.5, 0.6) is 0 Å². The van der Waals surface area contributed by atoms with Crippen molar-refractivity contribution < 1.29 is 9.53 Å². The van der Waals surface area contributed by atoms with Gasteiger partial charge in [0.25, 0.3) is 0 Å². The monoisotopic (exact) mass is 415 g/mol. The van der Waals surface area contributed by atoms with Crippen molar-refractivity contribution in [3.63, 3.8) is 0 Å². The van der Waals surface area contributed by atoms with E-state index in [-0.39, 0.29) is 12.6 Å². The molecule has 2 N–H and O–H groups in total. The molecule has 0 aliphatic heterocycles. The summed E-state index contributed by atoms with van der Waals surface area (Å²) in [5, 5.41) is 2.94. The second-order valence-corrected chi connectivity index (χ2v) is 7.59. The third-order valence-electron chi connectivity index (χ3n) is 4.00. The number of carbonyl (C=O) groups is 1. The molecular formula is C20H22BrN3O2. The van der Waals surface area contributed by atoms with Crippen LogP contribution < -0.4 is 5.32 Å². The van der Waals surface area contributed by atoms with Gasteiger partial charge >= 0.3 is 6.09 Å². The van der Waals surface area contributed by atoms with Gasteiger partial charge in [0.2, 0.25) is 0 Å². The average Bonchev–Trinajstić information content (AvgIpc) is 3.03. The summed E-state index contributed by atoms with van der Waals surface area (Å²) in [6, 6.07) is 15.3. The Morgan fingerprint density at radius 3 is 2.73 bits per heavy atom. The highest BCUT2D eigenvalue weighted by Crippen LogP contribution is 2.24. The third-order valence-corrected chi connectivity index (χ3v) is 4.50. The van der Waals surface area contributed by atoms with Crippen LogP contribution in [0.2, 0.25) is 0 Å². The average molecular weight is 416 g/mol. The van der Waals surface area contributed by atoms with Crippen LogP contribution in [-0.2, 0) is 11.3 Å². The van der Waals surface area contributed by atoms with E-state index in [0.717, 1.165) is 33.3 Å². The fraction of sp³-hybridized carbons (Fsp3) is 0.300. The summed E-state index contributed by atoms with van der Waals surface area (Å²) < 4.78 is 6.34. The maximum atomic E-state index is 12.3. The molecule has 2 aromatic carbocycles. The topological polar surface area (TPSA) is 67.0 Å². The molecule has 1 aromatic heterocycles. The Balaban J connectivity index is 1.71. The lowest BCUT2D eigenvalue weighted by atomic mass is 10.0. The fourth-order valence-electron chi connectivity index (χ4n) is 2.78. The van der Waals surface area contributed by atoms with Gasteiger partial charge in [-0.2, -0.15) is 0 Å². The number of imidazole rings is 1. The van der Waals surface area contributed by atoms with Gasteiger partial charge in [0.05, 0.1) is 17.1 Å². The van der Waals surface area contributed by atoms with Crippen LogP contribution in [0.1, 0.15) is 37.7 Å². The van der Waals surface area contributed by atoms with E-state index >= 15 is 0 Å². The molecule has 0 bridgehead atoms. The number of hydrogen-bond donors (Lipinski definition) is 2. The van der Waals surface area contributed by atoms with Crippen LogP contribution in [0.25, 0.3) is 11.0 Å². The smallest absolute Gasteiger partial charge is 0.408 e. The Hall–Kier alpha value is -2.34. The van der Waals surface area contributed by atoms with Crippen LogP contribution in [0.4, 0.5) is 4.79 Å². The van der Waals surface area contributed by atoms with Gasteiger partial charge < -0.3 is 15.0 Å². The van der Waals surface area contributed by atoms with Gasteiger partial charge in [-0.25, -0.2) is 9.78 Å². The van der Waals surface area contributed by atoms with Crippen LogP contribution >= 0.6 is 15.9 Å². The molecule has 0 saturated heterocycles. The van der Waals surface area contributed by atoms with Crippen molar-refractivity contribution in [2.45, 2.75) is 32.9 Å². The van der Waals surface area contributed by atoms with E-state index in [1.165, 1.54) is 0 Å². The molecular weight excluding hydrogens is 394 g/mol. The quantitative estimate of drug-likeness (QED) is 0.570. The molecule has 0 radical (unpaired) electrons. The van der Waals surface area contributed by atoms with E-state index in [4.69, 9.17) is 4.74 Å². The van der Waals surface area contributed by atoms with Gasteiger partial charge in [0.15, 0.2) is 0 Å². The Labute approximate surface area is 161 Å². The maximum Gasteiger partial charge on any atom is 0.408 e. The Kier molecular flexibility index (Phi) is 5.93. The zero-order chi connectivity index (χ0) is 18.5. The van der Waals surface area contributed by atoms with E-state index in [0.29, 0.717) is 5.92 Å². The van der Waals surface area contributed by atoms with E-state index in [2.05, 4.69) is 45.1 Å². The zero-order valence-electron chi connectivity index (χ0n) is 14.8. The first-order valence-corrected chi connectivity index (χ1v) is 9.43. The van der Waals surface area contributed by atoms with Crippen molar-refractivity contribution in [2.24, 2.45) is 5.92 Å². The number of nitrogens with zero attached hydrogens (tertiary/aromatic N) is 1. The molecule has 0 aliphatic carbocycles. The van der Waals surface area contributed by atoms with Gasteiger partial charge in [-0.3, -0.25) is 0 Å². The van der Waals surface area contributed by atoms with Gasteiger partial charge in [-0.05, 0) is 36.1 Å². The number of aromatic amines is 1. The number of amides is 1. The molecule has 0 spiro atoms. The predicted molar refractivity (Wildman–Crippen MR) is 106 cm³/mol. The highest BCUT2D eigenvalue weighted by atomic mass is 79.9. The number of hydrogen-bond acceptors (Lipinski definition) is 3. The van der Waals surface area contributed by atoms with E-state index < -0.39 is 6.09 Å². The van der Waals surface area contributed by atoms with Crippen molar-refractivity contribution in [1.29, 1.82) is 0 Å². The molecule has 6 heteroatoms. The van der Waals surface area contributed by atoms with Crippen LogP contribution in [0.15, 0.2) is 53.0 Å². The Morgan fingerprint density at radius 1 is 1.23 bits per heavy atom. The molecule has 1 heterocycles. The maximum absolute atomic E-state index is 12.3. The molecule has 0 saturated carbocycles. The highest BCUT2D eigenvalue weighted by molar-refractivity contribution is 9.10. The summed E-state index contributed by atoms with van der Waals surface area (Å²) in [6.45, 7) is 4.47. The zero-order valence-corrected chi connectivity index (χ0v) is 16.4. The highest BCUT2D eigenvalue weighted by Gasteiger charge is 2.20. The summed E-state index contributed by atoms with van der Waals surface area (Å²) >= 11 is 3.46. The summed E-state index contributed by atoms with van der Waals surface area (Å²) in [5.41, 5.74) is 2.76. The van der Waals surface area contributed by atoms with Gasteiger partial charge in [0, 0.05) is 4.47 Å². The van der Waals surface area contributed by atoms with Crippen LogP contribution in [0, 0.1) is 5.92 Å². The van der Waals surface area contributed by atoms with Crippen molar-refractivity contribution in [3.05, 3.63) is 64.4 Å². The number of aromatic nitrogens is 2. The number of ether oxygens (including phenoxy) is 1. The van der Waals surface area contributed by atoms with Gasteiger partial charge in [0.1, 0.15) is 12.4 Å². The summed E-state index contributed by atoms with van der Waals surface area (Å²) in [7, 11) is 0. The first-order valence-electron chi connectivity index (χ1n) is 8.63. The largest absolute Gasteiger partial charge is 0.445 e. The molecule has 0 unspecified atom stereocenters. The standard InChI is InChI=1S/C20H22BrN3O2/c1-13(2)10-18(19-22-16-9-8-15(21)11-17(16)23-19)24-20(25)26-12-14-6-4-3-5-7-14/h3-9,11,13,18H,10,12H2,1-2H3,(H,22,23)(H,24,25)/t18-/m0/s1. The molecule has 0 fully saturated rings. The summed E-state index contributed by atoms with van der Waals surface area (Å²) in [4.78, 5) is 20.2. The second kappa shape index (κ2) is 8.36. The number of H-pyrrole nitrogens is 1. The molecule has 26 heavy (non-hydrogen) atoms. The first-order chi connectivity index (χ1) is 12.5. The molecule has 3 rings (SSSR count). The lowest BCUT2D eigenvalue weighted by Gasteiger charge is -2.18. The van der Waals surface area contributed by atoms with Crippen molar-refractivity contribution >= 4 is 33.1 Å². The number of carbonyl (C=O) groups excluding carboxylic acids is 1. The molecule has 5 nitrogen and oxygen atoms in total. The first kappa shape index (κ1) is 18.5. The van der Waals surface area contributed by atoms with Gasteiger partial charge in [-0.1, -0.05) is 60.1 Å². The minimum absolute atomic E-state index is 0.232. The second-order valence-electron chi connectivity index (χ2n) is 6.67. The van der Waals surface area contributed by atoms with Gasteiger partial charge in [-0.15, -0.1) is 0 Å². The number of benzene rings is 2. The van der Waals surface area contributed by atoms with E-state index in [9.17, 15) is 4.79 Å². The number of fused-ring (bicyclic) bond motifs is 1. The Bertz CT molecular complexity index is 877. The molecule has 0 aliphatic rings. The van der Waals surface area contributed by atoms with Crippen LogP contribution in [-0.4, -0.2) is 16.1 Å². The van der Waals surface area contributed by atoms with Crippen molar-refractivity contribution in [1.82, 2.24) is 15.3 Å². The van der Waals surface area contributed by atoms with E-state index in [1.807, 2.05) is 48.5 Å². The number of alkyl carbamates (subject to hydrolysis) is 1. The SMILES string of the molecule is CC(C)C[C@H](NC(=O)OCc1ccccc1)c1nc2ccc(Br)cc2[nH]1. The van der Waals surface area contributed by atoms with E-state index in [1.54, 1.807) is 0 Å². The predicted octanol–water partition coefficient (Wildman–Crippen LogP) is 5.34. The minimum atomic E-state index is -0.443. The minimum Gasteiger partial charge on any atom is -0.445 e. The normalized spacial score (nSPS) is 12.3. The number of nitrogens with one attached hydrogen (secondary N) is 2. The summed E-state index contributed by atoms with van der Waals surface area (Å²) in [6.07, 6.45) is 0.322. The third kappa shape index (κ3) is 4.85. The van der Waals surface area contributed by atoms with Crippen molar-refractivity contribution in [2.75, 3.05) is 0 Å². The van der Waals surface area contributed by atoms with Crippen molar-refractivity contribution in [3.8, 4) is 0 Å². The molecule has 1 atom stereocenters. The lowest BCUT2D eigenvalue weighted by molar-refractivity contribution is 0.134. The lowest BCUT2D eigenvalue weighted by Crippen LogP contribution is -2.30. The molecule has 3 aromatic rings. The molecule has 136 valence electrons. The fourth-order valence-corrected chi connectivity index (χ4v) is 3.15. The Morgan fingerprint density at radius 2 is 2.00 bits per heavy atom. The summed E-state index contributed by atoms with van der Waals surface area (Å²) in [5.74, 6) is 1.14. The number of rotatable bonds is 6. The number of halogens is 1. The van der Waals surface area contributed by atoms with Crippen LogP contribution in [0.3, 0.4) is 0 Å².